The maximum atomic E-state index is 4.90. The molecule has 0 radical (unpaired) electrons. The van der Waals surface area contributed by atoms with Gasteiger partial charge in [-0.1, -0.05) is 12.1 Å². The van der Waals surface area contributed by atoms with Gasteiger partial charge in [-0.15, -0.1) is 0 Å². The number of fused-ring (bicyclic) bond motifs is 1. The minimum Gasteiger partial charge on any atom is -0.365 e. The predicted molar refractivity (Wildman–Crippen MR) is 107 cm³/mol. The molecule has 0 spiro atoms. The molecule has 1 saturated heterocycles. The molecule has 2 aliphatic rings. The summed E-state index contributed by atoms with van der Waals surface area (Å²) < 4.78 is 0. The van der Waals surface area contributed by atoms with Crippen LogP contribution in [0.25, 0.3) is 11.0 Å². The van der Waals surface area contributed by atoms with E-state index in [-0.39, 0.29) is 0 Å². The predicted octanol–water partition coefficient (Wildman–Crippen LogP) is 3.69. The maximum absolute atomic E-state index is 4.90. The van der Waals surface area contributed by atoms with Crippen LogP contribution in [0.1, 0.15) is 43.1 Å². The second kappa shape index (κ2) is 6.76. The Morgan fingerprint density at radius 2 is 1.81 bits per heavy atom. The zero-order valence-electron chi connectivity index (χ0n) is 15.6. The molecule has 138 valence electrons. The summed E-state index contributed by atoms with van der Waals surface area (Å²) in [6, 6.07) is 10.4. The van der Waals surface area contributed by atoms with E-state index in [1.165, 1.54) is 12.8 Å². The molecular formula is C21H24N6. The van der Waals surface area contributed by atoms with Gasteiger partial charge in [-0.25, -0.2) is 19.9 Å². The Morgan fingerprint density at radius 1 is 1.00 bits per heavy atom. The number of aryl methyl sites for hydroxylation is 1. The number of nitrogens with zero attached hydrogens (tertiary/aromatic N) is 5. The molecule has 0 bridgehead atoms. The number of nitrogens with one attached hydrogen (secondary N) is 1. The van der Waals surface area contributed by atoms with Crippen LogP contribution < -0.4 is 10.2 Å². The second-order valence-corrected chi connectivity index (χ2v) is 7.63. The van der Waals surface area contributed by atoms with Crippen molar-refractivity contribution in [2.45, 2.75) is 44.6 Å². The zero-order valence-corrected chi connectivity index (χ0v) is 15.6. The molecule has 0 amide bonds. The lowest BCUT2D eigenvalue weighted by Gasteiger charge is -2.34. The first-order chi connectivity index (χ1) is 13.3. The number of rotatable bonds is 4. The highest BCUT2D eigenvalue weighted by atomic mass is 15.2. The third kappa shape index (κ3) is 3.44. The maximum Gasteiger partial charge on any atom is 0.150 e. The van der Waals surface area contributed by atoms with Crippen LogP contribution in [-0.4, -0.2) is 39.1 Å². The third-order valence-electron chi connectivity index (χ3n) is 5.41. The van der Waals surface area contributed by atoms with Crippen LogP contribution in [0.15, 0.2) is 36.5 Å². The summed E-state index contributed by atoms with van der Waals surface area (Å²) >= 11 is 0. The molecule has 6 nitrogen and oxygen atoms in total. The molecule has 3 aromatic rings. The minimum absolute atomic E-state index is 0.355. The summed E-state index contributed by atoms with van der Waals surface area (Å²) in [6.07, 6.45) is 6.59. The number of benzene rings is 1. The van der Waals surface area contributed by atoms with E-state index in [9.17, 15) is 0 Å². The molecule has 6 heteroatoms. The molecule has 2 fully saturated rings. The number of hydrogen-bond donors (Lipinski definition) is 1. The number of anilines is 2. The molecule has 1 unspecified atom stereocenters. The molecule has 2 aromatic heterocycles. The Labute approximate surface area is 159 Å². The van der Waals surface area contributed by atoms with Crippen LogP contribution >= 0.6 is 0 Å². The smallest absolute Gasteiger partial charge is 0.150 e. The van der Waals surface area contributed by atoms with Gasteiger partial charge in [0.1, 0.15) is 11.6 Å². The van der Waals surface area contributed by atoms with Gasteiger partial charge in [-0.2, -0.15) is 0 Å². The Morgan fingerprint density at radius 3 is 2.63 bits per heavy atom. The van der Waals surface area contributed by atoms with Gasteiger partial charge >= 0.3 is 0 Å². The van der Waals surface area contributed by atoms with E-state index in [4.69, 9.17) is 15.0 Å². The van der Waals surface area contributed by atoms with Crippen molar-refractivity contribution in [3.05, 3.63) is 48.0 Å². The Kier molecular flexibility index (Phi) is 4.11. The summed E-state index contributed by atoms with van der Waals surface area (Å²) in [7, 11) is 0. The van der Waals surface area contributed by atoms with Gasteiger partial charge in [0.05, 0.1) is 16.7 Å². The van der Waals surface area contributed by atoms with Crippen molar-refractivity contribution in [1.82, 2.24) is 19.9 Å². The molecular weight excluding hydrogens is 336 g/mol. The van der Waals surface area contributed by atoms with E-state index in [2.05, 4.69) is 22.1 Å². The van der Waals surface area contributed by atoms with Gasteiger partial charge in [-0.3, -0.25) is 0 Å². The monoisotopic (exact) mass is 360 g/mol. The summed E-state index contributed by atoms with van der Waals surface area (Å²) in [5, 5.41) is 3.62. The molecule has 1 aliphatic carbocycles. The van der Waals surface area contributed by atoms with Crippen molar-refractivity contribution in [3.63, 3.8) is 0 Å². The first-order valence-electron chi connectivity index (χ1n) is 9.84. The highest BCUT2D eigenvalue weighted by Gasteiger charge is 2.27. The molecule has 27 heavy (non-hydrogen) atoms. The number of piperidine rings is 1. The fourth-order valence-electron chi connectivity index (χ4n) is 3.87. The number of para-hydroxylation sites is 2. The average Bonchev–Trinajstić information content (AvgIpc) is 3.53. The Hall–Kier alpha value is -2.76. The molecule has 1 N–H and O–H groups in total. The van der Waals surface area contributed by atoms with Crippen molar-refractivity contribution in [1.29, 1.82) is 0 Å². The lowest BCUT2D eigenvalue weighted by atomic mass is 10.1. The van der Waals surface area contributed by atoms with Crippen LogP contribution in [-0.2, 0) is 0 Å². The quantitative estimate of drug-likeness (QED) is 0.765. The van der Waals surface area contributed by atoms with Gasteiger partial charge in [0.15, 0.2) is 5.82 Å². The van der Waals surface area contributed by atoms with Gasteiger partial charge in [0.2, 0.25) is 0 Å². The van der Waals surface area contributed by atoms with Gasteiger partial charge in [0, 0.05) is 31.2 Å². The lowest BCUT2D eigenvalue weighted by molar-refractivity contribution is 0.524. The van der Waals surface area contributed by atoms with Crippen molar-refractivity contribution in [2.24, 2.45) is 0 Å². The summed E-state index contributed by atoms with van der Waals surface area (Å²) in [5.74, 6) is 3.51. The standard InChI is InChI=1S/C21H24N6/c1-14-21(25-18-7-3-2-6-17(18)23-14)27-12-4-5-16(13-27)24-19-10-11-22-20(26-19)15-8-9-15/h2-3,6-7,10-11,15-16H,4-5,8-9,12-13H2,1H3,(H,22,24,26). The topological polar surface area (TPSA) is 66.8 Å². The molecule has 3 heterocycles. The van der Waals surface area contributed by atoms with Crippen molar-refractivity contribution < 1.29 is 0 Å². The van der Waals surface area contributed by atoms with Crippen LogP contribution in [0.3, 0.4) is 0 Å². The molecule has 1 saturated carbocycles. The van der Waals surface area contributed by atoms with Crippen molar-refractivity contribution >= 4 is 22.7 Å². The van der Waals surface area contributed by atoms with E-state index in [1.807, 2.05) is 36.5 Å². The Balaban J connectivity index is 1.35. The fraction of sp³-hybridized carbons (Fsp3) is 0.429. The Bertz CT molecular complexity index is 968. The van der Waals surface area contributed by atoms with E-state index in [1.54, 1.807) is 0 Å². The zero-order chi connectivity index (χ0) is 18.2. The highest BCUT2D eigenvalue weighted by Crippen LogP contribution is 2.38. The van der Waals surface area contributed by atoms with Crippen LogP contribution in [0.2, 0.25) is 0 Å². The first-order valence-corrected chi connectivity index (χ1v) is 9.84. The van der Waals surface area contributed by atoms with E-state index in [0.29, 0.717) is 12.0 Å². The summed E-state index contributed by atoms with van der Waals surface area (Å²) in [6.45, 7) is 3.98. The largest absolute Gasteiger partial charge is 0.365 e. The minimum atomic E-state index is 0.355. The van der Waals surface area contributed by atoms with Crippen LogP contribution in [0.5, 0.6) is 0 Å². The molecule has 1 aliphatic heterocycles. The van der Waals surface area contributed by atoms with E-state index >= 15 is 0 Å². The number of aromatic nitrogens is 4. The molecule has 1 atom stereocenters. The van der Waals surface area contributed by atoms with Gasteiger partial charge < -0.3 is 10.2 Å². The molecule has 1 aromatic carbocycles. The van der Waals surface area contributed by atoms with Gasteiger partial charge in [0.25, 0.3) is 0 Å². The van der Waals surface area contributed by atoms with Crippen molar-refractivity contribution in [2.75, 3.05) is 23.3 Å². The van der Waals surface area contributed by atoms with Crippen LogP contribution in [0, 0.1) is 6.92 Å². The van der Waals surface area contributed by atoms with Crippen LogP contribution in [0.4, 0.5) is 11.6 Å². The fourth-order valence-corrected chi connectivity index (χ4v) is 3.87. The third-order valence-corrected chi connectivity index (χ3v) is 5.41. The summed E-state index contributed by atoms with van der Waals surface area (Å²) in [4.78, 5) is 21.1. The second-order valence-electron chi connectivity index (χ2n) is 7.63. The normalized spacial score (nSPS) is 20.0. The van der Waals surface area contributed by atoms with Crippen molar-refractivity contribution in [3.8, 4) is 0 Å². The number of hydrogen-bond acceptors (Lipinski definition) is 6. The summed E-state index contributed by atoms with van der Waals surface area (Å²) in [5.41, 5.74) is 2.91. The molecule has 5 rings (SSSR count). The van der Waals surface area contributed by atoms with Gasteiger partial charge in [-0.05, 0) is 50.8 Å². The average molecular weight is 360 g/mol. The first kappa shape index (κ1) is 16.4. The van der Waals surface area contributed by atoms with E-state index in [0.717, 1.165) is 60.1 Å². The SMILES string of the molecule is Cc1nc2ccccc2nc1N1CCCC(Nc2ccnc(C3CC3)n2)C1. The van der Waals surface area contributed by atoms with E-state index < -0.39 is 0 Å². The highest BCUT2D eigenvalue weighted by molar-refractivity contribution is 5.76. The lowest BCUT2D eigenvalue weighted by Crippen LogP contribution is -2.43.